The lowest BCUT2D eigenvalue weighted by Gasteiger charge is -2.24. The molecule has 1 saturated heterocycles. The number of quaternary nitrogens is 1. The third kappa shape index (κ3) is 4.36. The maximum atomic E-state index is 13.3. The van der Waals surface area contributed by atoms with Gasteiger partial charge in [-0.3, -0.25) is 9.48 Å². The maximum absolute atomic E-state index is 13.3. The van der Waals surface area contributed by atoms with Crippen molar-refractivity contribution in [2.24, 2.45) is 13.0 Å². The molecule has 0 unspecified atom stereocenters. The number of carbonyl (C=O) groups excluding carboxylic acids is 1. The Morgan fingerprint density at radius 1 is 1.30 bits per heavy atom. The lowest BCUT2D eigenvalue weighted by molar-refractivity contribution is -0.886. The quantitative estimate of drug-likeness (QED) is 0.788. The molecule has 1 amide bonds. The van der Waals surface area contributed by atoms with Gasteiger partial charge in [-0.2, -0.15) is 5.10 Å². The lowest BCUT2D eigenvalue weighted by atomic mass is 10.1. The first-order valence-electron chi connectivity index (χ1n) is 9.97. The number of benzene rings is 1. The van der Waals surface area contributed by atoms with E-state index in [1.807, 2.05) is 18.0 Å². The largest absolute Gasteiger partial charge is 0.333 e. The van der Waals surface area contributed by atoms with Crippen LogP contribution < -0.4 is 4.90 Å². The summed E-state index contributed by atoms with van der Waals surface area (Å²) in [4.78, 5) is 16.9. The van der Waals surface area contributed by atoms with Crippen molar-refractivity contribution in [2.45, 2.75) is 31.7 Å². The van der Waals surface area contributed by atoms with Crippen LogP contribution in [0.3, 0.4) is 0 Å². The van der Waals surface area contributed by atoms with Crippen molar-refractivity contribution in [3.8, 4) is 0 Å². The van der Waals surface area contributed by atoms with Crippen LogP contribution in [-0.2, 0) is 18.4 Å². The summed E-state index contributed by atoms with van der Waals surface area (Å²) in [7, 11) is 1.86. The summed E-state index contributed by atoms with van der Waals surface area (Å²) in [5, 5.41) is 5.09. The number of carbonyl (C=O) groups is 1. The summed E-state index contributed by atoms with van der Waals surface area (Å²) in [6.07, 6.45) is 5.35. The molecule has 1 aliphatic carbocycles. The van der Waals surface area contributed by atoms with Gasteiger partial charge < -0.3 is 9.80 Å². The molecular weight excluding hydrogens is 360 g/mol. The monoisotopic (exact) mass is 387 g/mol. The zero-order valence-corrected chi connectivity index (χ0v) is 16.7. The van der Waals surface area contributed by atoms with Gasteiger partial charge in [0.1, 0.15) is 5.69 Å². The van der Waals surface area contributed by atoms with Gasteiger partial charge in [0.05, 0.1) is 37.7 Å². The molecule has 2 atom stereocenters. The van der Waals surface area contributed by atoms with Crippen LogP contribution in [0.15, 0.2) is 36.5 Å². The van der Waals surface area contributed by atoms with Crippen LogP contribution in [0, 0.1) is 5.92 Å². The van der Waals surface area contributed by atoms with E-state index in [4.69, 9.17) is 11.6 Å². The molecule has 1 N–H and O–H groups in total. The SMILES string of the molecule is Cn1cc(Cl)c(CN(CC[NH+]2CCCC2)C(=O)[C@H]2C[C@H]2c2ccccc2)n1. The molecule has 1 saturated carbocycles. The summed E-state index contributed by atoms with van der Waals surface area (Å²) in [5.74, 6) is 0.715. The fraction of sp³-hybridized carbons (Fsp3) is 0.524. The van der Waals surface area contributed by atoms with Crippen LogP contribution in [-0.4, -0.2) is 46.8 Å². The van der Waals surface area contributed by atoms with Crippen LogP contribution in [0.4, 0.5) is 0 Å². The number of halogens is 1. The first kappa shape index (κ1) is 18.5. The second kappa shape index (κ2) is 8.03. The van der Waals surface area contributed by atoms with E-state index in [1.54, 1.807) is 15.8 Å². The van der Waals surface area contributed by atoms with Crippen LogP contribution >= 0.6 is 11.6 Å². The second-order valence-electron chi connectivity index (χ2n) is 7.92. The Kier molecular flexibility index (Phi) is 5.50. The van der Waals surface area contributed by atoms with Gasteiger partial charge in [-0.15, -0.1) is 0 Å². The molecule has 6 heteroatoms. The van der Waals surface area contributed by atoms with Crippen LogP contribution in [0.5, 0.6) is 0 Å². The Morgan fingerprint density at radius 2 is 2.04 bits per heavy atom. The third-order valence-corrected chi connectivity index (χ3v) is 6.20. The summed E-state index contributed by atoms with van der Waals surface area (Å²) < 4.78 is 1.72. The highest BCUT2D eigenvalue weighted by molar-refractivity contribution is 6.31. The van der Waals surface area contributed by atoms with E-state index in [0.29, 0.717) is 17.5 Å². The number of likely N-dealkylation sites (tertiary alicyclic amines) is 1. The molecule has 1 aromatic carbocycles. The Morgan fingerprint density at radius 3 is 2.70 bits per heavy atom. The van der Waals surface area contributed by atoms with E-state index in [2.05, 4.69) is 29.4 Å². The van der Waals surface area contributed by atoms with Gasteiger partial charge in [0.25, 0.3) is 0 Å². The molecule has 1 aliphatic heterocycles. The lowest BCUT2D eigenvalue weighted by Crippen LogP contribution is -3.10. The summed E-state index contributed by atoms with van der Waals surface area (Å²) in [6, 6.07) is 10.4. The zero-order valence-electron chi connectivity index (χ0n) is 15.9. The number of amides is 1. The summed E-state index contributed by atoms with van der Waals surface area (Å²) in [5.41, 5.74) is 2.07. The van der Waals surface area contributed by atoms with E-state index < -0.39 is 0 Å². The van der Waals surface area contributed by atoms with Crippen molar-refractivity contribution in [1.82, 2.24) is 14.7 Å². The van der Waals surface area contributed by atoms with Gasteiger partial charge >= 0.3 is 0 Å². The highest BCUT2D eigenvalue weighted by atomic mass is 35.5. The molecule has 0 spiro atoms. The molecule has 0 bridgehead atoms. The van der Waals surface area contributed by atoms with Gasteiger partial charge in [-0.05, 0) is 17.9 Å². The topological polar surface area (TPSA) is 42.6 Å². The smallest absolute Gasteiger partial charge is 0.226 e. The van der Waals surface area contributed by atoms with Gasteiger partial charge in [0.15, 0.2) is 0 Å². The Hall–Kier alpha value is -1.85. The number of aromatic nitrogens is 2. The first-order chi connectivity index (χ1) is 13.1. The molecule has 1 aromatic heterocycles. The molecular formula is C21H28ClN4O+. The fourth-order valence-electron chi connectivity index (χ4n) is 4.25. The number of nitrogens with one attached hydrogen (secondary N) is 1. The molecule has 2 fully saturated rings. The minimum absolute atomic E-state index is 0.100. The van der Waals surface area contributed by atoms with Gasteiger partial charge in [-0.25, -0.2) is 0 Å². The molecule has 0 radical (unpaired) electrons. The number of hydrogen-bond donors (Lipinski definition) is 1. The average molecular weight is 388 g/mol. The van der Waals surface area contributed by atoms with Crippen molar-refractivity contribution >= 4 is 17.5 Å². The van der Waals surface area contributed by atoms with Gasteiger partial charge in [0, 0.05) is 32.0 Å². The average Bonchev–Trinajstić information content (AvgIpc) is 3.17. The molecule has 27 heavy (non-hydrogen) atoms. The number of aryl methyl sites for hydroxylation is 1. The predicted octanol–water partition coefficient (Wildman–Crippen LogP) is 1.88. The molecule has 2 aliphatic rings. The van der Waals surface area contributed by atoms with Crippen LogP contribution in [0.1, 0.15) is 36.4 Å². The highest BCUT2D eigenvalue weighted by Crippen LogP contribution is 2.48. The van der Waals surface area contributed by atoms with Gasteiger partial charge in [0.2, 0.25) is 5.91 Å². The zero-order chi connectivity index (χ0) is 18.8. The molecule has 4 rings (SSSR count). The molecule has 5 nitrogen and oxygen atoms in total. The summed E-state index contributed by atoms with van der Waals surface area (Å²) >= 11 is 6.31. The minimum Gasteiger partial charge on any atom is -0.333 e. The van der Waals surface area contributed by atoms with Crippen LogP contribution in [0.2, 0.25) is 5.02 Å². The number of hydrogen-bond acceptors (Lipinski definition) is 2. The van der Waals surface area contributed by atoms with E-state index in [0.717, 1.165) is 25.2 Å². The first-order valence-corrected chi connectivity index (χ1v) is 10.3. The van der Waals surface area contributed by atoms with Crippen molar-refractivity contribution in [3.63, 3.8) is 0 Å². The van der Waals surface area contributed by atoms with Crippen molar-refractivity contribution < 1.29 is 9.69 Å². The van der Waals surface area contributed by atoms with Crippen molar-refractivity contribution in [1.29, 1.82) is 0 Å². The van der Waals surface area contributed by atoms with Crippen LogP contribution in [0.25, 0.3) is 0 Å². The normalized spacial score (nSPS) is 22.1. The molecule has 144 valence electrons. The van der Waals surface area contributed by atoms with Gasteiger partial charge in [-0.1, -0.05) is 41.9 Å². The van der Waals surface area contributed by atoms with E-state index in [9.17, 15) is 4.79 Å². The number of nitrogens with zero attached hydrogens (tertiary/aromatic N) is 3. The minimum atomic E-state index is 0.100. The number of rotatable bonds is 7. The Bertz CT molecular complexity index is 785. The van der Waals surface area contributed by atoms with E-state index in [-0.39, 0.29) is 11.8 Å². The van der Waals surface area contributed by atoms with Crippen molar-refractivity contribution in [3.05, 3.63) is 52.8 Å². The molecule has 2 heterocycles. The highest BCUT2D eigenvalue weighted by Gasteiger charge is 2.45. The molecule has 2 aromatic rings. The van der Waals surface area contributed by atoms with E-state index in [1.165, 1.54) is 31.5 Å². The fourth-order valence-corrected chi connectivity index (χ4v) is 4.49. The second-order valence-corrected chi connectivity index (χ2v) is 8.33. The predicted molar refractivity (Wildman–Crippen MR) is 106 cm³/mol. The standard InChI is InChI=1S/C21H27ClN4O/c1-24-14-19(22)20(23-24)15-26(12-11-25-9-5-6-10-25)21(27)18-13-17(18)16-7-3-2-4-8-16/h2-4,7-8,14,17-18H,5-6,9-13,15H2,1H3/p+1/t17-,18-/m0/s1. The van der Waals surface area contributed by atoms with E-state index >= 15 is 0 Å². The Balaban J connectivity index is 1.45. The van der Waals surface area contributed by atoms with Crippen molar-refractivity contribution in [2.75, 3.05) is 26.2 Å². The Labute approximate surface area is 165 Å². The summed E-state index contributed by atoms with van der Waals surface area (Å²) in [6.45, 7) is 4.74. The third-order valence-electron chi connectivity index (χ3n) is 5.89. The maximum Gasteiger partial charge on any atom is 0.226 e.